The van der Waals surface area contributed by atoms with Gasteiger partial charge in [-0.2, -0.15) is 0 Å². The number of carbonyl (C=O) groups excluding carboxylic acids is 1. The Balaban J connectivity index is 1.84. The van der Waals surface area contributed by atoms with Gasteiger partial charge in [-0.3, -0.25) is 14.8 Å². The molecule has 19 heavy (non-hydrogen) atoms. The number of halogens is 1. The van der Waals surface area contributed by atoms with Crippen molar-refractivity contribution in [2.75, 3.05) is 22.9 Å². The molecule has 1 aliphatic heterocycles. The summed E-state index contributed by atoms with van der Waals surface area (Å²) < 4.78 is 12.9. The van der Waals surface area contributed by atoms with Gasteiger partial charge < -0.3 is 0 Å². The maximum absolute atomic E-state index is 12.9. The number of pyridine rings is 1. The van der Waals surface area contributed by atoms with Gasteiger partial charge in [-0.05, 0) is 36.4 Å². The number of hydrogen-bond acceptors (Lipinski definition) is 2. The van der Waals surface area contributed by atoms with Crippen LogP contribution >= 0.6 is 0 Å². The van der Waals surface area contributed by atoms with Gasteiger partial charge in [-0.25, -0.2) is 9.18 Å². The van der Waals surface area contributed by atoms with E-state index in [1.165, 1.54) is 12.1 Å². The number of carbonyl (C=O) groups is 1. The molecule has 4 nitrogen and oxygen atoms in total. The van der Waals surface area contributed by atoms with E-state index in [9.17, 15) is 9.18 Å². The third-order valence-electron chi connectivity index (χ3n) is 3.10. The normalized spacial score (nSPS) is 15.1. The number of nitrogens with zero attached hydrogens (tertiary/aromatic N) is 3. The van der Waals surface area contributed by atoms with Crippen molar-refractivity contribution < 1.29 is 9.18 Å². The van der Waals surface area contributed by atoms with E-state index in [0.717, 1.165) is 5.69 Å². The molecule has 1 aromatic heterocycles. The summed E-state index contributed by atoms with van der Waals surface area (Å²) in [6, 6.07) is 9.46. The first-order valence-electron chi connectivity index (χ1n) is 6.00. The van der Waals surface area contributed by atoms with Gasteiger partial charge >= 0.3 is 6.03 Å². The largest absolute Gasteiger partial charge is 0.329 e. The molecule has 0 unspecified atom stereocenters. The van der Waals surface area contributed by atoms with Crippen LogP contribution in [0.4, 0.5) is 20.6 Å². The third kappa shape index (κ3) is 2.14. The molecule has 0 aliphatic carbocycles. The van der Waals surface area contributed by atoms with Crippen molar-refractivity contribution in [3.8, 4) is 0 Å². The number of amides is 2. The van der Waals surface area contributed by atoms with Crippen LogP contribution in [0.3, 0.4) is 0 Å². The Morgan fingerprint density at radius 2 is 1.68 bits per heavy atom. The maximum Gasteiger partial charge on any atom is 0.329 e. The van der Waals surface area contributed by atoms with E-state index in [0.29, 0.717) is 18.8 Å². The van der Waals surface area contributed by atoms with Crippen LogP contribution in [-0.4, -0.2) is 24.1 Å². The summed E-state index contributed by atoms with van der Waals surface area (Å²) in [6.45, 7) is 1.18. The van der Waals surface area contributed by atoms with Gasteiger partial charge in [0.2, 0.25) is 0 Å². The molecule has 2 heterocycles. The summed E-state index contributed by atoms with van der Waals surface area (Å²) in [5.74, 6) is -0.306. The van der Waals surface area contributed by atoms with Crippen molar-refractivity contribution in [2.45, 2.75) is 0 Å². The van der Waals surface area contributed by atoms with Gasteiger partial charge in [0.15, 0.2) is 0 Å². The number of anilines is 2. The van der Waals surface area contributed by atoms with E-state index in [1.54, 1.807) is 40.4 Å². The zero-order valence-corrected chi connectivity index (χ0v) is 10.2. The number of hydrogen-bond donors (Lipinski definition) is 0. The highest BCUT2D eigenvalue weighted by Gasteiger charge is 2.30. The first-order valence-corrected chi connectivity index (χ1v) is 6.00. The summed E-state index contributed by atoms with van der Waals surface area (Å²) in [5, 5.41) is 0. The first-order chi connectivity index (χ1) is 9.25. The summed E-state index contributed by atoms with van der Waals surface area (Å²) in [4.78, 5) is 19.6. The standard InChI is InChI=1S/C14H12FN3O/c15-11-3-5-12(6-4-11)17-8-9-18(14(17)19)13-2-1-7-16-10-13/h1-7,10H,8-9H2. The van der Waals surface area contributed by atoms with Gasteiger partial charge in [-0.15, -0.1) is 0 Å². The fraction of sp³-hybridized carbons (Fsp3) is 0.143. The van der Waals surface area contributed by atoms with Crippen LogP contribution in [0.2, 0.25) is 0 Å². The second-order valence-corrected chi connectivity index (χ2v) is 4.27. The lowest BCUT2D eigenvalue weighted by atomic mass is 10.3. The number of benzene rings is 1. The Kier molecular flexibility index (Phi) is 2.87. The topological polar surface area (TPSA) is 36.4 Å². The molecular weight excluding hydrogens is 245 g/mol. The predicted octanol–water partition coefficient (Wildman–Crippen LogP) is 2.67. The molecule has 5 heteroatoms. The molecule has 0 N–H and O–H groups in total. The molecule has 0 spiro atoms. The zero-order valence-electron chi connectivity index (χ0n) is 10.2. The van der Waals surface area contributed by atoms with Crippen molar-refractivity contribution in [2.24, 2.45) is 0 Å². The van der Waals surface area contributed by atoms with Gasteiger partial charge in [-0.1, -0.05) is 0 Å². The van der Waals surface area contributed by atoms with E-state index >= 15 is 0 Å². The summed E-state index contributed by atoms with van der Waals surface area (Å²) in [5.41, 5.74) is 1.48. The first kappa shape index (κ1) is 11.6. The molecule has 1 aromatic carbocycles. The average Bonchev–Trinajstić information content (AvgIpc) is 2.83. The molecule has 96 valence electrons. The molecule has 1 fully saturated rings. The van der Waals surface area contributed by atoms with Gasteiger partial charge in [0, 0.05) is 25.0 Å². The lowest BCUT2D eigenvalue weighted by Gasteiger charge is -2.18. The third-order valence-corrected chi connectivity index (χ3v) is 3.10. The molecule has 2 aromatic rings. The fourth-order valence-corrected chi connectivity index (χ4v) is 2.15. The molecule has 0 atom stereocenters. The molecule has 1 aliphatic rings. The van der Waals surface area contributed by atoms with Crippen molar-refractivity contribution in [1.29, 1.82) is 0 Å². The Morgan fingerprint density at radius 1 is 1.00 bits per heavy atom. The number of urea groups is 1. The lowest BCUT2D eigenvalue weighted by Crippen LogP contribution is -2.31. The van der Waals surface area contributed by atoms with Crippen LogP contribution in [0.15, 0.2) is 48.8 Å². The van der Waals surface area contributed by atoms with Crippen LogP contribution < -0.4 is 9.80 Å². The smallest absolute Gasteiger partial charge is 0.292 e. The molecule has 2 amide bonds. The Hall–Kier alpha value is -2.43. The van der Waals surface area contributed by atoms with Crippen LogP contribution in [0.25, 0.3) is 0 Å². The minimum atomic E-state index is -0.306. The Bertz CT molecular complexity index is 585. The number of rotatable bonds is 2. The molecule has 0 saturated carbocycles. The van der Waals surface area contributed by atoms with Crippen LogP contribution in [0.5, 0.6) is 0 Å². The Morgan fingerprint density at radius 3 is 2.32 bits per heavy atom. The molecule has 0 bridgehead atoms. The van der Waals surface area contributed by atoms with E-state index in [4.69, 9.17) is 0 Å². The Labute approximate surface area is 110 Å². The minimum absolute atomic E-state index is 0.111. The highest BCUT2D eigenvalue weighted by Crippen LogP contribution is 2.24. The van der Waals surface area contributed by atoms with E-state index in [1.807, 2.05) is 6.07 Å². The maximum atomic E-state index is 12.9. The van der Waals surface area contributed by atoms with Crippen LogP contribution in [-0.2, 0) is 0 Å². The van der Waals surface area contributed by atoms with Crippen molar-refractivity contribution in [3.63, 3.8) is 0 Å². The predicted molar refractivity (Wildman–Crippen MR) is 70.7 cm³/mol. The number of aromatic nitrogens is 1. The van der Waals surface area contributed by atoms with Gasteiger partial charge in [0.05, 0.1) is 11.9 Å². The molecule has 0 radical (unpaired) electrons. The quantitative estimate of drug-likeness (QED) is 0.829. The molecular formula is C14H12FN3O. The minimum Gasteiger partial charge on any atom is -0.292 e. The summed E-state index contributed by atoms with van der Waals surface area (Å²) in [7, 11) is 0. The van der Waals surface area contributed by atoms with Gasteiger partial charge in [0.25, 0.3) is 0 Å². The zero-order chi connectivity index (χ0) is 13.2. The monoisotopic (exact) mass is 257 g/mol. The molecule has 1 saturated heterocycles. The molecule has 3 rings (SSSR count). The van der Waals surface area contributed by atoms with E-state index < -0.39 is 0 Å². The fourth-order valence-electron chi connectivity index (χ4n) is 2.15. The second-order valence-electron chi connectivity index (χ2n) is 4.27. The SMILES string of the molecule is O=C1N(c2ccc(F)cc2)CCN1c1cccnc1. The lowest BCUT2D eigenvalue weighted by molar-refractivity contribution is 0.256. The van der Waals surface area contributed by atoms with Crippen molar-refractivity contribution in [1.82, 2.24) is 4.98 Å². The van der Waals surface area contributed by atoms with E-state index in [-0.39, 0.29) is 11.8 Å². The van der Waals surface area contributed by atoms with Crippen molar-refractivity contribution in [3.05, 3.63) is 54.6 Å². The highest BCUT2D eigenvalue weighted by molar-refractivity contribution is 6.05. The highest BCUT2D eigenvalue weighted by atomic mass is 19.1. The van der Waals surface area contributed by atoms with Crippen LogP contribution in [0, 0.1) is 5.82 Å². The summed E-state index contributed by atoms with van der Waals surface area (Å²) >= 11 is 0. The van der Waals surface area contributed by atoms with E-state index in [2.05, 4.69) is 4.98 Å². The second kappa shape index (κ2) is 4.68. The van der Waals surface area contributed by atoms with Crippen molar-refractivity contribution >= 4 is 17.4 Å². The van der Waals surface area contributed by atoms with Gasteiger partial charge in [0.1, 0.15) is 5.82 Å². The van der Waals surface area contributed by atoms with Crippen LogP contribution in [0.1, 0.15) is 0 Å². The summed E-state index contributed by atoms with van der Waals surface area (Å²) in [6.07, 6.45) is 3.33. The average molecular weight is 257 g/mol.